The number of rotatable bonds is 3. The number of benzene rings is 2. The van der Waals surface area contributed by atoms with Gasteiger partial charge in [0.25, 0.3) is 0 Å². The summed E-state index contributed by atoms with van der Waals surface area (Å²) in [4.78, 5) is 0. The fourth-order valence-electron chi connectivity index (χ4n) is 1.95. The van der Waals surface area contributed by atoms with Gasteiger partial charge in [0, 0.05) is 9.50 Å². The first-order valence-electron chi connectivity index (χ1n) is 5.76. The molecule has 0 aromatic heterocycles. The van der Waals surface area contributed by atoms with Crippen LogP contribution in [-0.4, -0.2) is 7.11 Å². The summed E-state index contributed by atoms with van der Waals surface area (Å²) in [5.74, 6) is 0.864. The molecule has 0 bridgehead atoms. The predicted octanol–water partition coefficient (Wildman–Crippen LogP) is 5.75. The van der Waals surface area contributed by atoms with Gasteiger partial charge in [-0.3, -0.25) is 0 Å². The molecule has 0 spiro atoms. The van der Waals surface area contributed by atoms with Crippen molar-refractivity contribution in [2.24, 2.45) is 0 Å². The molecule has 1 atom stereocenters. The van der Waals surface area contributed by atoms with E-state index in [9.17, 15) is 0 Å². The largest absolute Gasteiger partial charge is 0.496 e. The highest BCUT2D eigenvalue weighted by Gasteiger charge is 2.15. The normalized spacial score (nSPS) is 12.3. The molecule has 0 aliphatic heterocycles. The fraction of sp³-hybridized carbons (Fsp3) is 0.200. The van der Waals surface area contributed by atoms with Crippen molar-refractivity contribution in [3.05, 3.63) is 62.6 Å². The third-order valence-electron chi connectivity index (χ3n) is 2.95. The van der Waals surface area contributed by atoms with Gasteiger partial charge < -0.3 is 4.74 Å². The lowest BCUT2D eigenvalue weighted by molar-refractivity contribution is 0.411. The molecule has 0 fully saturated rings. The van der Waals surface area contributed by atoms with Gasteiger partial charge in [0.2, 0.25) is 0 Å². The van der Waals surface area contributed by atoms with Gasteiger partial charge >= 0.3 is 0 Å². The summed E-state index contributed by atoms with van der Waals surface area (Å²) >= 11 is 16.0. The minimum absolute atomic E-state index is 0.226. The van der Waals surface area contributed by atoms with Gasteiger partial charge in [-0.05, 0) is 41.8 Å². The number of methoxy groups -OCH3 is 1. The monoisotopic (exact) mass is 358 g/mol. The first-order valence-corrected chi connectivity index (χ1v) is 7.37. The van der Waals surface area contributed by atoms with Crippen LogP contribution < -0.4 is 4.74 Å². The van der Waals surface area contributed by atoms with Crippen LogP contribution in [-0.2, 0) is 0 Å². The van der Waals surface area contributed by atoms with E-state index in [0.29, 0.717) is 5.02 Å². The lowest BCUT2D eigenvalue weighted by Crippen LogP contribution is -1.96. The number of halogens is 3. The second-order valence-electron chi connectivity index (χ2n) is 4.26. The summed E-state index contributed by atoms with van der Waals surface area (Å²) in [6.07, 6.45) is 0. The van der Waals surface area contributed by atoms with Crippen LogP contribution in [0, 0.1) is 6.92 Å². The van der Waals surface area contributed by atoms with Crippen LogP contribution in [0.4, 0.5) is 0 Å². The summed E-state index contributed by atoms with van der Waals surface area (Å²) in [5, 5.41) is 0.460. The summed E-state index contributed by atoms with van der Waals surface area (Å²) in [7, 11) is 1.66. The number of alkyl halides is 1. The summed E-state index contributed by atoms with van der Waals surface area (Å²) in [5.41, 5.74) is 3.09. The molecule has 0 aliphatic rings. The zero-order valence-corrected chi connectivity index (χ0v) is 13.7. The Morgan fingerprint density at radius 1 is 1.16 bits per heavy atom. The van der Waals surface area contributed by atoms with Gasteiger partial charge in [-0.15, -0.1) is 11.6 Å². The van der Waals surface area contributed by atoms with Crippen molar-refractivity contribution >= 4 is 39.1 Å². The molecular formula is C15H13BrCl2O. The third kappa shape index (κ3) is 3.25. The maximum absolute atomic E-state index is 6.54. The van der Waals surface area contributed by atoms with Gasteiger partial charge in [-0.25, -0.2) is 0 Å². The molecular weight excluding hydrogens is 347 g/mol. The molecule has 0 saturated carbocycles. The highest BCUT2D eigenvalue weighted by molar-refractivity contribution is 9.10. The van der Waals surface area contributed by atoms with E-state index >= 15 is 0 Å². The van der Waals surface area contributed by atoms with Gasteiger partial charge in [0.05, 0.1) is 12.5 Å². The Balaban J connectivity index is 2.38. The van der Waals surface area contributed by atoms with Gasteiger partial charge in [0.1, 0.15) is 5.75 Å². The van der Waals surface area contributed by atoms with Crippen molar-refractivity contribution in [2.75, 3.05) is 7.11 Å². The average molecular weight is 360 g/mol. The fourth-order valence-corrected chi connectivity index (χ4v) is 3.32. The van der Waals surface area contributed by atoms with Gasteiger partial charge in [-0.1, -0.05) is 45.7 Å². The molecule has 100 valence electrons. The molecule has 2 aromatic rings. The van der Waals surface area contributed by atoms with Crippen molar-refractivity contribution in [1.29, 1.82) is 0 Å². The van der Waals surface area contributed by atoms with E-state index in [-0.39, 0.29) is 5.38 Å². The Morgan fingerprint density at radius 3 is 2.47 bits per heavy atom. The van der Waals surface area contributed by atoms with E-state index in [4.69, 9.17) is 27.9 Å². The van der Waals surface area contributed by atoms with Crippen LogP contribution in [0.2, 0.25) is 5.02 Å². The maximum atomic E-state index is 6.54. The quantitative estimate of drug-likeness (QED) is 0.634. The van der Waals surface area contributed by atoms with E-state index in [2.05, 4.69) is 15.9 Å². The minimum Gasteiger partial charge on any atom is -0.496 e. The topological polar surface area (TPSA) is 9.23 Å². The Bertz CT molecular complexity index is 599. The number of aryl methyl sites for hydroxylation is 1. The first kappa shape index (κ1) is 14.7. The average Bonchev–Trinajstić information content (AvgIpc) is 2.38. The van der Waals surface area contributed by atoms with E-state index < -0.39 is 0 Å². The molecule has 1 unspecified atom stereocenters. The van der Waals surface area contributed by atoms with E-state index in [1.807, 2.05) is 43.3 Å². The maximum Gasteiger partial charge on any atom is 0.121 e. The van der Waals surface area contributed by atoms with Crippen LogP contribution in [0.3, 0.4) is 0 Å². The van der Waals surface area contributed by atoms with E-state index in [1.165, 1.54) is 0 Å². The van der Waals surface area contributed by atoms with Crippen LogP contribution in [0.1, 0.15) is 22.1 Å². The van der Waals surface area contributed by atoms with Crippen LogP contribution in [0.15, 0.2) is 40.9 Å². The third-order valence-corrected chi connectivity index (χ3v) is 4.36. The Kier molecular flexibility index (Phi) is 4.77. The zero-order chi connectivity index (χ0) is 14.0. The van der Waals surface area contributed by atoms with Crippen LogP contribution in [0.25, 0.3) is 0 Å². The van der Waals surface area contributed by atoms with E-state index in [0.717, 1.165) is 26.9 Å². The Hall–Kier alpha value is -0.700. The number of hydrogen-bond acceptors (Lipinski definition) is 1. The molecule has 1 nitrogen and oxygen atoms in total. The summed E-state index contributed by atoms with van der Waals surface area (Å²) in [6, 6.07) is 11.6. The SMILES string of the molecule is COc1ccc(C(Cl)c2ccc(Cl)cc2Br)cc1C. The highest BCUT2D eigenvalue weighted by Crippen LogP contribution is 2.36. The summed E-state index contributed by atoms with van der Waals surface area (Å²) < 4.78 is 6.17. The van der Waals surface area contributed by atoms with Crippen molar-refractivity contribution in [1.82, 2.24) is 0 Å². The van der Waals surface area contributed by atoms with Crippen LogP contribution >= 0.6 is 39.1 Å². The van der Waals surface area contributed by atoms with Crippen molar-refractivity contribution in [3.8, 4) is 5.75 Å². The van der Waals surface area contributed by atoms with Gasteiger partial charge in [-0.2, -0.15) is 0 Å². The number of hydrogen-bond donors (Lipinski definition) is 0. The predicted molar refractivity (Wildman–Crippen MR) is 84.6 cm³/mol. The molecule has 0 saturated heterocycles. The number of ether oxygens (including phenoxy) is 1. The van der Waals surface area contributed by atoms with Crippen molar-refractivity contribution < 1.29 is 4.74 Å². The molecule has 0 radical (unpaired) electrons. The summed E-state index contributed by atoms with van der Waals surface area (Å²) in [6.45, 7) is 2.00. The molecule has 0 amide bonds. The molecule has 0 heterocycles. The van der Waals surface area contributed by atoms with Crippen molar-refractivity contribution in [3.63, 3.8) is 0 Å². The van der Waals surface area contributed by atoms with E-state index in [1.54, 1.807) is 7.11 Å². The molecule has 19 heavy (non-hydrogen) atoms. The van der Waals surface area contributed by atoms with Crippen molar-refractivity contribution in [2.45, 2.75) is 12.3 Å². The smallest absolute Gasteiger partial charge is 0.121 e. The molecule has 2 rings (SSSR count). The van der Waals surface area contributed by atoms with Gasteiger partial charge in [0.15, 0.2) is 0 Å². The Labute approximate surface area is 131 Å². The second kappa shape index (κ2) is 6.17. The highest BCUT2D eigenvalue weighted by atomic mass is 79.9. The van der Waals surface area contributed by atoms with Crippen LogP contribution in [0.5, 0.6) is 5.75 Å². The Morgan fingerprint density at radius 2 is 1.89 bits per heavy atom. The zero-order valence-electron chi connectivity index (χ0n) is 10.6. The molecule has 2 aromatic carbocycles. The lowest BCUT2D eigenvalue weighted by atomic mass is 10.0. The minimum atomic E-state index is -0.226. The lowest BCUT2D eigenvalue weighted by Gasteiger charge is -2.14. The molecule has 0 N–H and O–H groups in total. The molecule has 0 aliphatic carbocycles. The second-order valence-corrected chi connectivity index (χ2v) is 5.98. The molecule has 4 heteroatoms. The first-order chi connectivity index (χ1) is 9.02. The standard InChI is InChI=1S/C15H13BrCl2O/c1-9-7-10(3-6-14(9)19-2)15(18)12-5-4-11(17)8-13(12)16/h3-8,15H,1-2H3.